The lowest BCUT2D eigenvalue weighted by Crippen LogP contribution is -2.06. The normalized spacial score (nSPS) is 10.2. The van der Waals surface area contributed by atoms with Gasteiger partial charge in [0, 0.05) is 19.8 Å². The van der Waals surface area contributed by atoms with E-state index < -0.39 is 0 Å². The van der Waals surface area contributed by atoms with Gasteiger partial charge >= 0.3 is 0 Å². The zero-order valence-electron chi connectivity index (χ0n) is 7.54. The minimum absolute atomic E-state index is 0.151. The fourth-order valence-electron chi connectivity index (χ4n) is 1.13. The number of anilines is 1. The zero-order chi connectivity index (χ0) is 8.97. The van der Waals surface area contributed by atoms with Crippen molar-refractivity contribution in [2.24, 2.45) is 7.05 Å². The summed E-state index contributed by atoms with van der Waals surface area (Å²) in [6.07, 6.45) is 2.84. The number of aromatic nitrogens is 2. The Labute approximate surface area is 72.2 Å². The molecule has 1 aromatic rings. The molecule has 0 atom stereocenters. The fraction of sp³-hybridized carbons (Fsp3) is 0.625. The quantitative estimate of drug-likeness (QED) is 0.685. The Morgan fingerprint density at radius 1 is 1.67 bits per heavy atom. The summed E-state index contributed by atoms with van der Waals surface area (Å²) in [6.45, 7) is 2.79. The molecule has 0 spiro atoms. The smallest absolute Gasteiger partial charge is 0.0853 e. The Bertz CT molecular complexity index is 244. The van der Waals surface area contributed by atoms with Crippen LogP contribution in [0.15, 0.2) is 6.20 Å². The average Bonchev–Trinajstić information content (AvgIpc) is 2.42. The summed E-state index contributed by atoms with van der Waals surface area (Å²) in [5.41, 5.74) is 2.07. The van der Waals surface area contributed by atoms with Gasteiger partial charge < -0.3 is 10.4 Å². The predicted molar refractivity (Wildman–Crippen MR) is 48.2 cm³/mol. The van der Waals surface area contributed by atoms with Crippen molar-refractivity contribution in [3.63, 3.8) is 0 Å². The molecule has 2 N–H and O–H groups in total. The summed E-state index contributed by atoms with van der Waals surface area (Å²) < 4.78 is 1.78. The van der Waals surface area contributed by atoms with Gasteiger partial charge in [-0.05, 0) is 6.42 Å². The molecular weight excluding hydrogens is 154 g/mol. The van der Waals surface area contributed by atoms with Crippen molar-refractivity contribution >= 4 is 5.69 Å². The summed E-state index contributed by atoms with van der Waals surface area (Å²) in [6, 6.07) is 0. The Kier molecular flexibility index (Phi) is 3.10. The first-order chi connectivity index (χ1) is 5.77. The number of rotatable bonds is 4. The van der Waals surface area contributed by atoms with E-state index >= 15 is 0 Å². The lowest BCUT2D eigenvalue weighted by Gasteiger charge is -2.01. The van der Waals surface area contributed by atoms with Crippen LogP contribution in [0.5, 0.6) is 0 Å². The van der Waals surface area contributed by atoms with Crippen LogP contribution in [0.3, 0.4) is 0 Å². The SMILES string of the molecule is CCc1nn(C)cc1NCCO. The number of hydrogen-bond acceptors (Lipinski definition) is 3. The highest BCUT2D eigenvalue weighted by atomic mass is 16.3. The molecule has 12 heavy (non-hydrogen) atoms. The summed E-state index contributed by atoms with van der Waals surface area (Å²) in [5.74, 6) is 0. The van der Waals surface area contributed by atoms with Crippen LogP contribution in [-0.4, -0.2) is 28.0 Å². The Morgan fingerprint density at radius 3 is 3.00 bits per heavy atom. The first-order valence-corrected chi connectivity index (χ1v) is 4.15. The van der Waals surface area contributed by atoms with Gasteiger partial charge in [-0.1, -0.05) is 6.92 Å². The molecule has 0 aliphatic heterocycles. The van der Waals surface area contributed by atoms with Gasteiger partial charge in [-0.25, -0.2) is 0 Å². The van der Waals surface area contributed by atoms with Gasteiger partial charge in [-0.3, -0.25) is 4.68 Å². The Hall–Kier alpha value is -1.03. The van der Waals surface area contributed by atoms with Crippen molar-refractivity contribution in [3.8, 4) is 0 Å². The number of aliphatic hydroxyl groups is 1. The third-order valence-corrected chi connectivity index (χ3v) is 1.67. The summed E-state index contributed by atoms with van der Waals surface area (Å²) in [5, 5.41) is 16.0. The maximum Gasteiger partial charge on any atom is 0.0853 e. The topological polar surface area (TPSA) is 50.1 Å². The minimum atomic E-state index is 0.151. The molecule has 0 aliphatic rings. The molecule has 0 saturated carbocycles. The van der Waals surface area contributed by atoms with Gasteiger partial charge in [0.15, 0.2) is 0 Å². The van der Waals surface area contributed by atoms with Crippen molar-refractivity contribution in [2.75, 3.05) is 18.5 Å². The standard InChI is InChI=1S/C8H15N3O/c1-3-7-8(9-4-5-12)6-11(2)10-7/h6,9,12H,3-5H2,1-2H3. The third kappa shape index (κ3) is 1.98. The van der Waals surface area contributed by atoms with Crippen molar-refractivity contribution in [1.82, 2.24) is 9.78 Å². The van der Waals surface area contributed by atoms with Crippen LogP contribution in [0.25, 0.3) is 0 Å². The second-order valence-corrected chi connectivity index (χ2v) is 2.67. The van der Waals surface area contributed by atoms with Crippen molar-refractivity contribution < 1.29 is 5.11 Å². The molecule has 0 fully saturated rings. The van der Waals surface area contributed by atoms with Crippen LogP contribution in [0.2, 0.25) is 0 Å². The molecule has 0 aromatic carbocycles. The molecule has 0 unspecified atom stereocenters. The molecule has 0 amide bonds. The number of hydrogen-bond donors (Lipinski definition) is 2. The largest absolute Gasteiger partial charge is 0.395 e. The number of aliphatic hydroxyl groups excluding tert-OH is 1. The fourth-order valence-corrected chi connectivity index (χ4v) is 1.13. The monoisotopic (exact) mass is 169 g/mol. The van der Waals surface area contributed by atoms with Crippen LogP contribution < -0.4 is 5.32 Å². The van der Waals surface area contributed by atoms with E-state index in [4.69, 9.17) is 5.11 Å². The third-order valence-electron chi connectivity index (χ3n) is 1.67. The van der Waals surface area contributed by atoms with E-state index in [-0.39, 0.29) is 6.61 Å². The van der Waals surface area contributed by atoms with Gasteiger partial charge in [0.05, 0.1) is 18.0 Å². The van der Waals surface area contributed by atoms with Crippen molar-refractivity contribution in [1.29, 1.82) is 0 Å². The van der Waals surface area contributed by atoms with Gasteiger partial charge in [0.25, 0.3) is 0 Å². The van der Waals surface area contributed by atoms with E-state index in [0.717, 1.165) is 17.8 Å². The molecule has 0 saturated heterocycles. The molecule has 1 aromatic heterocycles. The highest BCUT2D eigenvalue weighted by Gasteiger charge is 2.03. The summed E-state index contributed by atoms with van der Waals surface area (Å²) >= 11 is 0. The molecule has 4 nitrogen and oxygen atoms in total. The van der Waals surface area contributed by atoms with E-state index in [2.05, 4.69) is 17.3 Å². The average molecular weight is 169 g/mol. The molecule has 0 bridgehead atoms. The molecule has 0 aliphatic carbocycles. The van der Waals surface area contributed by atoms with Gasteiger partial charge in [0.2, 0.25) is 0 Å². The van der Waals surface area contributed by atoms with Gasteiger partial charge in [0.1, 0.15) is 0 Å². The van der Waals surface area contributed by atoms with E-state index in [9.17, 15) is 0 Å². The molecular formula is C8H15N3O. The zero-order valence-corrected chi connectivity index (χ0v) is 7.54. The van der Waals surface area contributed by atoms with Gasteiger partial charge in [-0.2, -0.15) is 5.10 Å². The maximum absolute atomic E-state index is 8.61. The Balaban J connectivity index is 2.68. The first-order valence-electron chi connectivity index (χ1n) is 4.15. The second kappa shape index (κ2) is 4.11. The number of nitrogens with one attached hydrogen (secondary N) is 1. The number of aryl methyl sites for hydroxylation is 2. The first kappa shape index (κ1) is 9.06. The summed E-state index contributed by atoms with van der Waals surface area (Å²) in [4.78, 5) is 0. The van der Waals surface area contributed by atoms with Crippen LogP contribution in [0, 0.1) is 0 Å². The van der Waals surface area contributed by atoms with Crippen LogP contribution in [0.4, 0.5) is 5.69 Å². The minimum Gasteiger partial charge on any atom is -0.395 e. The summed E-state index contributed by atoms with van der Waals surface area (Å²) in [7, 11) is 1.89. The second-order valence-electron chi connectivity index (χ2n) is 2.67. The van der Waals surface area contributed by atoms with E-state index in [1.54, 1.807) is 4.68 Å². The highest BCUT2D eigenvalue weighted by Crippen LogP contribution is 2.12. The maximum atomic E-state index is 8.61. The lowest BCUT2D eigenvalue weighted by atomic mass is 10.3. The highest BCUT2D eigenvalue weighted by molar-refractivity contribution is 5.46. The van der Waals surface area contributed by atoms with Crippen molar-refractivity contribution in [3.05, 3.63) is 11.9 Å². The van der Waals surface area contributed by atoms with Gasteiger partial charge in [-0.15, -0.1) is 0 Å². The molecule has 0 radical (unpaired) electrons. The molecule has 68 valence electrons. The molecule has 1 rings (SSSR count). The van der Waals surface area contributed by atoms with E-state index in [1.165, 1.54) is 0 Å². The van der Waals surface area contributed by atoms with Crippen molar-refractivity contribution in [2.45, 2.75) is 13.3 Å². The van der Waals surface area contributed by atoms with E-state index in [1.807, 2.05) is 13.2 Å². The predicted octanol–water partition coefficient (Wildman–Crippen LogP) is 0.387. The lowest BCUT2D eigenvalue weighted by molar-refractivity contribution is 0.311. The molecule has 4 heteroatoms. The van der Waals surface area contributed by atoms with E-state index in [0.29, 0.717) is 6.54 Å². The van der Waals surface area contributed by atoms with Crippen LogP contribution in [0.1, 0.15) is 12.6 Å². The number of nitrogens with zero attached hydrogens (tertiary/aromatic N) is 2. The Morgan fingerprint density at radius 2 is 2.42 bits per heavy atom. The molecule has 1 heterocycles. The van der Waals surface area contributed by atoms with Crippen LogP contribution >= 0.6 is 0 Å². The van der Waals surface area contributed by atoms with Crippen LogP contribution in [-0.2, 0) is 13.5 Å².